The van der Waals surface area contributed by atoms with Crippen LogP contribution in [0, 0.1) is 11.8 Å². The zero-order valence-corrected chi connectivity index (χ0v) is 16.7. The molecule has 1 heterocycles. The van der Waals surface area contributed by atoms with Gasteiger partial charge in [-0.2, -0.15) is 0 Å². The summed E-state index contributed by atoms with van der Waals surface area (Å²) in [5.41, 5.74) is 0.290. The van der Waals surface area contributed by atoms with Crippen LogP contribution in [0.1, 0.15) is 46.6 Å². The molecule has 0 unspecified atom stereocenters. The van der Waals surface area contributed by atoms with Crippen LogP contribution < -0.4 is 0 Å². The molecule has 27 heavy (non-hydrogen) atoms. The monoisotopic (exact) mass is 375 g/mol. The Hall–Kier alpha value is -2.37. The Morgan fingerprint density at radius 1 is 1.22 bits per heavy atom. The number of carbonyl (C=O) groups excluding carboxylic acids is 3. The van der Waals surface area contributed by atoms with Crippen molar-refractivity contribution in [2.24, 2.45) is 11.8 Å². The van der Waals surface area contributed by atoms with E-state index >= 15 is 0 Å². The van der Waals surface area contributed by atoms with Gasteiger partial charge < -0.3 is 9.47 Å². The Morgan fingerprint density at radius 2 is 1.85 bits per heavy atom. The number of cyclic esters (lactones) is 1. The quantitative estimate of drug-likeness (QED) is 0.711. The molecule has 2 rings (SSSR count). The van der Waals surface area contributed by atoms with Crippen LogP contribution in [-0.4, -0.2) is 41.1 Å². The first kappa shape index (κ1) is 20.9. The number of rotatable bonds is 6. The fraction of sp³-hybridized carbons (Fsp3) is 0.571. The average molecular weight is 375 g/mol. The first-order valence-corrected chi connectivity index (χ1v) is 9.34. The summed E-state index contributed by atoms with van der Waals surface area (Å²) in [6.07, 6.45) is -0.367. The molecule has 1 aliphatic heterocycles. The van der Waals surface area contributed by atoms with Crippen LogP contribution in [0.15, 0.2) is 30.3 Å². The molecule has 1 saturated heterocycles. The van der Waals surface area contributed by atoms with Gasteiger partial charge in [0.2, 0.25) is 5.91 Å². The number of imide groups is 1. The topological polar surface area (TPSA) is 72.9 Å². The van der Waals surface area contributed by atoms with Gasteiger partial charge in [0.25, 0.3) is 0 Å². The van der Waals surface area contributed by atoms with Gasteiger partial charge >= 0.3 is 12.1 Å². The van der Waals surface area contributed by atoms with Gasteiger partial charge in [0, 0.05) is 0 Å². The minimum absolute atomic E-state index is 0.0688. The summed E-state index contributed by atoms with van der Waals surface area (Å²) in [6.45, 7) is 9.41. The van der Waals surface area contributed by atoms with Crippen molar-refractivity contribution in [1.82, 2.24) is 4.90 Å². The molecule has 1 fully saturated rings. The second kappa shape index (κ2) is 8.55. The lowest BCUT2D eigenvalue weighted by atomic mass is 9.93. The molecule has 0 saturated carbocycles. The van der Waals surface area contributed by atoms with Gasteiger partial charge in [-0.1, -0.05) is 44.2 Å². The van der Waals surface area contributed by atoms with Gasteiger partial charge in [-0.05, 0) is 38.7 Å². The fourth-order valence-corrected chi connectivity index (χ4v) is 3.11. The molecule has 6 heteroatoms. The van der Waals surface area contributed by atoms with Gasteiger partial charge in [0.1, 0.15) is 12.2 Å². The predicted octanol–water partition coefficient (Wildman–Crippen LogP) is 3.58. The molecule has 0 N–H and O–H groups in total. The third kappa shape index (κ3) is 5.81. The van der Waals surface area contributed by atoms with Crippen molar-refractivity contribution in [3.05, 3.63) is 35.9 Å². The van der Waals surface area contributed by atoms with Crippen LogP contribution in [0.2, 0.25) is 0 Å². The normalized spacial score (nSPS) is 18.4. The van der Waals surface area contributed by atoms with E-state index in [9.17, 15) is 14.4 Å². The van der Waals surface area contributed by atoms with E-state index in [-0.39, 0.29) is 30.9 Å². The number of carbonyl (C=O) groups is 3. The van der Waals surface area contributed by atoms with Crippen molar-refractivity contribution in [3.63, 3.8) is 0 Å². The lowest BCUT2D eigenvalue weighted by molar-refractivity contribution is -0.158. The summed E-state index contributed by atoms with van der Waals surface area (Å²) in [6, 6.07) is 9.13. The Bertz CT molecular complexity index is 678. The third-order valence-electron chi connectivity index (χ3n) is 4.42. The number of nitrogens with zero attached hydrogens (tertiary/aromatic N) is 1. The van der Waals surface area contributed by atoms with Crippen molar-refractivity contribution in [1.29, 1.82) is 0 Å². The molecule has 1 aromatic rings. The molecule has 0 bridgehead atoms. The summed E-state index contributed by atoms with van der Waals surface area (Å²) in [5, 5.41) is 0. The zero-order chi connectivity index (χ0) is 20.2. The Balaban J connectivity index is 2.23. The molecule has 6 nitrogen and oxygen atoms in total. The molecule has 148 valence electrons. The second-order valence-electron chi connectivity index (χ2n) is 8.27. The standard InChI is InChI=1S/C21H29NO5/c1-14(2)17-13-26-20(25)22(17)19(24)16(11-15-9-7-6-8-10-15)12-18(23)27-21(3,4)5/h6-10,14,16-17H,11-13H2,1-5H3/t16-,17-/m1/s1. The molecule has 0 aliphatic carbocycles. The summed E-state index contributed by atoms with van der Waals surface area (Å²) >= 11 is 0. The van der Waals surface area contributed by atoms with Gasteiger partial charge in [-0.25, -0.2) is 9.69 Å². The lowest BCUT2D eigenvalue weighted by Crippen LogP contribution is -2.46. The minimum atomic E-state index is -0.686. The van der Waals surface area contributed by atoms with Crippen LogP contribution >= 0.6 is 0 Å². The van der Waals surface area contributed by atoms with Gasteiger partial charge in [-0.15, -0.1) is 0 Å². The molecule has 0 spiro atoms. The first-order valence-electron chi connectivity index (χ1n) is 9.34. The first-order chi connectivity index (χ1) is 12.6. The van der Waals surface area contributed by atoms with E-state index in [1.54, 1.807) is 20.8 Å². The second-order valence-corrected chi connectivity index (χ2v) is 8.27. The number of ether oxygens (including phenoxy) is 2. The molecule has 0 radical (unpaired) electrons. The highest BCUT2D eigenvalue weighted by Gasteiger charge is 2.42. The summed E-state index contributed by atoms with van der Waals surface area (Å²) in [4.78, 5) is 38.9. The highest BCUT2D eigenvalue weighted by atomic mass is 16.6. The van der Waals surface area contributed by atoms with Crippen molar-refractivity contribution in [2.75, 3.05) is 6.61 Å². The van der Waals surface area contributed by atoms with Crippen LogP contribution in [0.25, 0.3) is 0 Å². The molecule has 1 aliphatic rings. The van der Waals surface area contributed by atoms with Gasteiger partial charge in [-0.3, -0.25) is 9.59 Å². The van der Waals surface area contributed by atoms with Crippen molar-refractivity contribution < 1.29 is 23.9 Å². The molecule has 2 amide bonds. The molecule has 0 aromatic heterocycles. The minimum Gasteiger partial charge on any atom is -0.460 e. The lowest BCUT2D eigenvalue weighted by Gasteiger charge is -2.27. The van der Waals surface area contributed by atoms with Crippen LogP contribution in [0.4, 0.5) is 4.79 Å². The molecular formula is C21H29NO5. The zero-order valence-electron chi connectivity index (χ0n) is 16.7. The van der Waals surface area contributed by atoms with E-state index in [2.05, 4.69) is 0 Å². The van der Waals surface area contributed by atoms with E-state index in [0.29, 0.717) is 6.42 Å². The largest absolute Gasteiger partial charge is 0.460 e. The van der Waals surface area contributed by atoms with E-state index < -0.39 is 23.6 Å². The van der Waals surface area contributed by atoms with Crippen molar-refractivity contribution in [2.45, 2.75) is 59.1 Å². The number of amides is 2. The van der Waals surface area contributed by atoms with E-state index in [1.807, 2.05) is 44.2 Å². The maximum absolute atomic E-state index is 13.2. The summed E-state index contributed by atoms with van der Waals surface area (Å²) < 4.78 is 10.5. The highest BCUT2D eigenvalue weighted by molar-refractivity contribution is 5.96. The number of hydrogen-bond donors (Lipinski definition) is 0. The predicted molar refractivity (Wildman–Crippen MR) is 101 cm³/mol. The van der Waals surface area contributed by atoms with Gasteiger partial charge in [0.05, 0.1) is 18.4 Å². The SMILES string of the molecule is CC(C)[C@H]1COC(=O)N1C(=O)[C@@H](CC(=O)OC(C)(C)C)Cc1ccccc1. The maximum atomic E-state index is 13.2. The average Bonchev–Trinajstić information content (AvgIpc) is 2.94. The number of esters is 1. The highest BCUT2D eigenvalue weighted by Crippen LogP contribution is 2.25. The summed E-state index contributed by atoms with van der Waals surface area (Å²) in [7, 11) is 0. The third-order valence-corrected chi connectivity index (χ3v) is 4.42. The Morgan fingerprint density at radius 3 is 2.41 bits per heavy atom. The molecule has 1 aromatic carbocycles. The number of benzene rings is 1. The Kier molecular flexibility index (Phi) is 6.63. The van der Waals surface area contributed by atoms with E-state index in [0.717, 1.165) is 5.56 Å². The van der Waals surface area contributed by atoms with Gasteiger partial charge in [0.15, 0.2) is 0 Å². The van der Waals surface area contributed by atoms with E-state index in [4.69, 9.17) is 9.47 Å². The van der Waals surface area contributed by atoms with Crippen LogP contribution in [0.3, 0.4) is 0 Å². The van der Waals surface area contributed by atoms with Crippen molar-refractivity contribution >= 4 is 18.0 Å². The molecular weight excluding hydrogens is 346 g/mol. The molecule has 2 atom stereocenters. The van der Waals surface area contributed by atoms with E-state index in [1.165, 1.54) is 4.90 Å². The van der Waals surface area contributed by atoms with Crippen LogP contribution in [0.5, 0.6) is 0 Å². The fourth-order valence-electron chi connectivity index (χ4n) is 3.11. The number of hydrogen-bond acceptors (Lipinski definition) is 5. The smallest absolute Gasteiger partial charge is 0.416 e. The Labute approximate surface area is 160 Å². The van der Waals surface area contributed by atoms with Crippen LogP contribution in [-0.2, 0) is 25.5 Å². The summed E-state index contributed by atoms with van der Waals surface area (Å²) in [5.74, 6) is -1.45. The van der Waals surface area contributed by atoms with Crippen molar-refractivity contribution in [3.8, 4) is 0 Å². The maximum Gasteiger partial charge on any atom is 0.416 e.